The van der Waals surface area contributed by atoms with Crippen LogP contribution in [0.15, 0.2) is 40.9 Å². The maximum absolute atomic E-state index is 13.0. The van der Waals surface area contributed by atoms with Crippen molar-refractivity contribution in [2.24, 2.45) is 0 Å². The molecule has 27 heavy (non-hydrogen) atoms. The van der Waals surface area contributed by atoms with Gasteiger partial charge in [-0.1, -0.05) is 60.7 Å². The summed E-state index contributed by atoms with van der Waals surface area (Å²) in [5.74, 6) is 1.11. The number of rotatable bonds is 12. The van der Waals surface area contributed by atoms with E-state index in [1.165, 1.54) is 44.2 Å². The first-order valence-electron chi connectivity index (χ1n) is 9.58. The van der Waals surface area contributed by atoms with Gasteiger partial charge >= 0.3 is 0 Å². The summed E-state index contributed by atoms with van der Waals surface area (Å²) in [5, 5.41) is 3.49. The highest BCUT2D eigenvalue weighted by molar-refractivity contribution is 9.10. The minimum Gasteiger partial charge on any atom is -0.493 e. The molecule has 0 aromatic heterocycles. The molecule has 0 bridgehead atoms. The molecule has 0 aliphatic heterocycles. The van der Waals surface area contributed by atoms with Gasteiger partial charge in [0.25, 0.3) is 0 Å². The Kier molecular flexibility index (Phi) is 9.64. The lowest BCUT2D eigenvalue weighted by Crippen LogP contribution is -2.15. The number of unbranched alkanes of at least 4 members (excludes halogenated alkanes) is 4. The molecule has 1 N–H and O–H groups in total. The van der Waals surface area contributed by atoms with Crippen LogP contribution in [-0.4, -0.2) is 13.7 Å². The second-order valence-electron chi connectivity index (χ2n) is 6.60. The van der Waals surface area contributed by atoms with E-state index in [9.17, 15) is 4.39 Å². The average molecular weight is 438 g/mol. The number of methoxy groups -OCH3 is 1. The first kappa shape index (κ1) is 21.7. The molecule has 0 fully saturated rings. The van der Waals surface area contributed by atoms with Gasteiger partial charge in [-0.3, -0.25) is 0 Å². The SMILES string of the molecule is CCCCCCCNCc1cc(OC)c(OCc2ccc(F)cc2)cc1Br. The fourth-order valence-electron chi connectivity index (χ4n) is 2.80. The van der Waals surface area contributed by atoms with Crippen LogP contribution in [0.4, 0.5) is 4.39 Å². The summed E-state index contributed by atoms with van der Waals surface area (Å²) in [4.78, 5) is 0. The molecule has 0 saturated heterocycles. The molecule has 0 aliphatic carbocycles. The number of hydrogen-bond donors (Lipinski definition) is 1. The molecule has 2 rings (SSSR count). The van der Waals surface area contributed by atoms with Gasteiger partial charge in [0, 0.05) is 11.0 Å². The Labute approximate surface area is 170 Å². The average Bonchev–Trinajstić information content (AvgIpc) is 2.68. The fraction of sp³-hybridized carbons (Fsp3) is 0.455. The first-order valence-corrected chi connectivity index (χ1v) is 10.4. The summed E-state index contributed by atoms with van der Waals surface area (Å²) in [6.07, 6.45) is 6.39. The van der Waals surface area contributed by atoms with E-state index in [0.29, 0.717) is 18.1 Å². The van der Waals surface area contributed by atoms with Crippen molar-refractivity contribution in [3.8, 4) is 11.5 Å². The second kappa shape index (κ2) is 12.0. The lowest BCUT2D eigenvalue weighted by atomic mass is 10.1. The summed E-state index contributed by atoms with van der Waals surface area (Å²) < 4.78 is 25.3. The van der Waals surface area contributed by atoms with E-state index in [1.54, 1.807) is 19.2 Å². The number of hydrogen-bond acceptors (Lipinski definition) is 3. The molecule has 148 valence electrons. The summed E-state index contributed by atoms with van der Waals surface area (Å²) >= 11 is 3.62. The van der Waals surface area contributed by atoms with Gasteiger partial charge in [-0.2, -0.15) is 0 Å². The Balaban J connectivity index is 1.88. The molecule has 0 atom stereocenters. The maximum Gasteiger partial charge on any atom is 0.162 e. The van der Waals surface area contributed by atoms with Crippen molar-refractivity contribution < 1.29 is 13.9 Å². The van der Waals surface area contributed by atoms with Crippen LogP contribution in [0.3, 0.4) is 0 Å². The largest absolute Gasteiger partial charge is 0.493 e. The molecular weight excluding hydrogens is 409 g/mol. The van der Waals surface area contributed by atoms with E-state index < -0.39 is 0 Å². The Morgan fingerprint density at radius 1 is 1.00 bits per heavy atom. The Morgan fingerprint density at radius 3 is 2.44 bits per heavy atom. The highest BCUT2D eigenvalue weighted by atomic mass is 79.9. The Morgan fingerprint density at radius 2 is 1.74 bits per heavy atom. The van der Waals surface area contributed by atoms with E-state index in [4.69, 9.17) is 9.47 Å². The molecule has 0 amide bonds. The van der Waals surface area contributed by atoms with Crippen molar-refractivity contribution in [2.45, 2.75) is 52.2 Å². The van der Waals surface area contributed by atoms with Gasteiger partial charge in [0.2, 0.25) is 0 Å². The van der Waals surface area contributed by atoms with Gasteiger partial charge in [0.05, 0.1) is 7.11 Å². The zero-order valence-corrected chi connectivity index (χ0v) is 17.8. The molecule has 0 radical (unpaired) electrons. The quantitative estimate of drug-likeness (QED) is 0.398. The van der Waals surface area contributed by atoms with Gasteiger partial charge in [-0.15, -0.1) is 0 Å². The summed E-state index contributed by atoms with van der Waals surface area (Å²) in [6, 6.07) is 10.2. The predicted octanol–water partition coefficient (Wildman–Crippen LogP) is 6.24. The smallest absolute Gasteiger partial charge is 0.162 e. The third-order valence-electron chi connectivity index (χ3n) is 4.41. The molecule has 2 aromatic carbocycles. The standard InChI is InChI=1S/C22H29BrFNO2/c1-3-4-5-6-7-12-25-15-18-13-21(26-2)22(14-20(18)23)27-16-17-8-10-19(24)11-9-17/h8-11,13-14,25H,3-7,12,15-16H2,1-2H3. The van der Waals surface area contributed by atoms with E-state index >= 15 is 0 Å². The summed E-state index contributed by atoms with van der Waals surface area (Å²) in [6.45, 7) is 4.39. The van der Waals surface area contributed by atoms with E-state index in [-0.39, 0.29) is 5.82 Å². The number of nitrogens with one attached hydrogen (secondary N) is 1. The van der Waals surface area contributed by atoms with E-state index in [2.05, 4.69) is 28.2 Å². The van der Waals surface area contributed by atoms with E-state index in [0.717, 1.165) is 28.7 Å². The third kappa shape index (κ3) is 7.51. The zero-order valence-electron chi connectivity index (χ0n) is 16.2. The van der Waals surface area contributed by atoms with Crippen molar-refractivity contribution in [3.05, 3.63) is 57.8 Å². The summed E-state index contributed by atoms with van der Waals surface area (Å²) in [7, 11) is 1.64. The molecule has 0 saturated carbocycles. The maximum atomic E-state index is 13.0. The molecule has 2 aromatic rings. The van der Waals surface area contributed by atoms with Crippen LogP contribution in [0.25, 0.3) is 0 Å². The predicted molar refractivity (Wildman–Crippen MR) is 112 cm³/mol. The molecule has 0 heterocycles. The topological polar surface area (TPSA) is 30.5 Å². The van der Waals surface area contributed by atoms with Crippen molar-refractivity contribution in [1.29, 1.82) is 0 Å². The monoisotopic (exact) mass is 437 g/mol. The molecule has 0 spiro atoms. The fourth-order valence-corrected chi connectivity index (χ4v) is 3.27. The normalized spacial score (nSPS) is 10.8. The van der Waals surface area contributed by atoms with Crippen LogP contribution in [0.5, 0.6) is 11.5 Å². The van der Waals surface area contributed by atoms with Gasteiger partial charge in [0.1, 0.15) is 12.4 Å². The zero-order chi connectivity index (χ0) is 19.5. The van der Waals surface area contributed by atoms with Crippen LogP contribution in [0.2, 0.25) is 0 Å². The Bertz CT molecular complexity index is 691. The molecular formula is C22H29BrFNO2. The molecule has 3 nitrogen and oxygen atoms in total. The Hall–Kier alpha value is -1.59. The van der Waals surface area contributed by atoms with Gasteiger partial charge in [-0.25, -0.2) is 4.39 Å². The lowest BCUT2D eigenvalue weighted by molar-refractivity contribution is 0.284. The molecule has 0 aliphatic rings. The van der Waals surface area contributed by atoms with Crippen molar-refractivity contribution in [1.82, 2.24) is 5.32 Å². The second-order valence-corrected chi connectivity index (χ2v) is 7.45. The van der Waals surface area contributed by atoms with Crippen LogP contribution in [-0.2, 0) is 13.2 Å². The highest BCUT2D eigenvalue weighted by Crippen LogP contribution is 2.34. The van der Waals surface area contributed by atoms with Gasteiger partial charge in [-0.05, 0) is 48.4 Å². The minimum absolute atomic E-state index is 0.249. The third-order valence-corrected chi connectivity index (χ3v) is 5.15. The van der Waals surface area contributed by atoms with Crippen molar-refractivity contribution >= 4 is 15.9 Å². The lowest BCUT2D eigenvalue weighted by Gasteiger charge is -2.14. The van der Waals surface area contributed by atoms with Crippen molar-refractivity contribution in [2.75, 3.05) is 13.7 Å². The van der Waals surface area contributed by atoms with Crippen LogP contribution in [0, 0.1) is 5.82 Å². The number of benzene rings is 2. The number of halogens is 2. The van der Waals surface area contributed by atoms with Crippen molar-refractivity contribution in [3.63, 3.8) is 0 Å². The van der Waals surface area contributed by atoms with Crippen LogP contribution < -0.4 is 14.8 Å². The summed E-state index contributed by atoms with van der Waals surface area (Å²) in [5.41, 5.74) is 2.04. The molecule has 0 unspecified atom stereocenters. The van der Waals surface area contributed by atoms with Crippen LogP contribution in [0.1, 0.15) is 50.2 Å². The van der Waals surface area contributed by atoms with E-state index in [1.807, 2.05) is 12.1 Å². The van der Waals surface area contributed by atoms with Gasteiger partial charge < -0.3 is 14.8 Å². The number of ether oxygens (including phenoxy) is 2. The molecule has 5 heteroatoms. The van der Waals surface area contributed by atoms with Gasteiger partial charge in [0.15, 0.2) is 11.5 Å². The highest BCUT2D eigenvalue weighted by Gasteiger charge is 2.10. The van der Waals surface area contributed by atoms with Crippen LogP contribution >= 0.6 is 15.9 Å². The minimum atomic E-state index is -0.249. The first-order chi connectivity index (χ1) is 13.1.